The number of benzene rings is 1. The Balaban J connectivity index is 1.37. The molecule has 1 aliphatic carbocycles. The van der Waals surface area contributed by atoms with E-state index >= 15 is 0 Å². The molecular formula is C26H36N6O. The van der Waals surface area contributed by atoms with E-state index in [1.165, 1.54) is 31.2 Å². The predicted molar refractivity (Wildman–Crippen MR) is 133 cm³/mol. The third-order valence-corrected chi connectivity index (χ3v) is 7.28. The summed E-state index contributed by atoms with van der Waals surface area (Å²) in [5.41, 5.74) is 8.20. The maximum Gasteiger partial charge on any atom is 0.220 e. The van der Waals surface area contributed by atoms with E-state index in [4.69, 9.17) is 5.73 Å². The van der Waals surface area contributed by atoms with Gasteiger partial charge in [0.15, 0.2) is 5.96 Å². The molecule has 1 aromatic carbocycles. The average Bonchev–Trinajstić information content (AvgIpc) is 3.35. The van der Waals surface area contributed by atoms with Gasteiger partial charge in [0, 0.05) is 56.3 Å². The van der Waals surface area contributed by atoms with E-state index < -0.39 is 0 Å². The first-order valence-corrected chi connectivity index (χ1v) is 12.1. The monoisotopic (exact) mass is 448 g/mol. The standard InChI is InChI=1S/C26H36N6O/c1-28-25(31-19-26(13-5-6-14-26)22-9-3-2-4-10-22)30-18-21-8-7-15-29-24(21)32-16-11-20(12-17-32)23(27)33/h2-4,7-10,15,20H,5-6,11-14,16-19H2,1H3,(H2,27,33)(H2,28,30,31). The zero-order valence-corrected chi connectivity index (χ0v) is 19.6. The van der Waals surface area contributed by atoms with Crippen molar-refractivity contribution in [1.29, 1.82) is 0 Å². The van der Waals surface area contributed by atoms with E-state index in [1.54, 1.807) is 0 Å². The molecule has 1 saturated heterocycles. The van der Waals surface area contributed by atoms with Crippen molar-refractivity contribution in [2.24, 2.45) is 16.6 Å². The molecule has 2 heterocycles. The van der Waals surface area contributed by atoms with Crippen LogP contribution >= 0.6 is 0 Å². The molecule has 4 N–H and O–H groups in total. The second-order valence-electron chi connectivity index (χ2n) is 9.28. The summed E-state index contributed by atoms with van der Waals surface area (Å²) in [6.07, 6.45) is 8.34. The van der Waals surface area contributed by atoms with Gasteiger partial charge in [0.1, 0.15) is 5.82 Å². The fourth-order valence-corrected chi connectivity index (χ4v) is 5.29. The number of nitrogens with two attached hydrogens (primary N) is 1. The molecule has 0 spiro atoms. The van der Waals surface area contributed by atoms with Crippen LogP contribution in [0.25, 0.3) is 0 Å². The Hall–Kier alpha value is -3.09. The molecule has 2 aliphatic rings. The number of carbonyl (C=O) groups excluding carboxylic acids is 1. The molecule has 2 fully saturated rings. The number of rotatable bonds is 7. The van der Waals surface area contributed by atoms with E-state index in [0.717, 1.165) is 49.8 Å². The van der Waals surface area contributed by atoms with Crippen molar-refractivity contribution >= 4 is 17.7 Å². The number of aromatic nitrogens is 1. The van der Waals surface area contributed by atoms with Crippen molar-refractivity contribution in [3.8, 4) is 0 Å². The number of hydrogen-bond acceptors (Lipinski definition) is 4. The number of amides is 1. The zero-order chi connectivity index (χ0) is 23.1. The molecule has 176 valence electrons. The first-order valence-electron chi connectivity index (χ1n) is 12.1. The van der Waals surface area contributed by atoms with Crippen LogP contribution in [0, 0.1) is 5.92 Å². The third kappa shape index (κ3) is 5.46. The van der Waals surface area contributed by atoms with Gasteiger partial charge in [-0.1, -0.05) is 49.2 Å². The summed E-state index contributed by atoms with van der Waals surface area (Å²) in [5, 5.41) is 7.07. The largest absolute Gasteiger partial charge is 0.369 e. The number of guanidine groups is 1. The summed E-state index contributed by atoms with van der Waals surface area (Å²) in [7, 11) is 1.82. The highest BCUT2D eigenvalue weighted by molar-refractivity contribution is 5.80. The van der Waals surface area contributed by atoms with Gasteiger partial charge in [-0.25, -0.2) is 4.98 Å². The number of pyridine rings is 1. The normalized spacial score (nSPS) is 18.8. The van der Waals surface area contributed by atoms with E-state index in [1.807, 2.05) is 19.3 Å². The van der Waals surface area contributed by atoms with Crippen LogP contribution in [0.15, 0.2) is 53.7 Å². The van der Waals surface area contributed by atoms with Crippen molar-refractivity contribution in [2.45, 2.75) is 50.5 Å². The number of nitrogens with one attached hydrogen (secondary N) is 2. The predicted octanol–water partition coefficient (Wildman–Crippen LogP) is 2.96. The maximum atomic E-state index is 11.5. The van der Waals surface area contributed by atoms with Crippen LogP contribution in [-0.4, -0.2) is 43.5 Å². The molecule has 0 unspecified atom stereocenters. The van der Waals surface area contributed by atoms with Crippen LogP contribution in [0.5, 0.6) is 0 Å². The minimum Gasteiger partial charge on any atom is -0.369 e. The molecule has 7 nitrogen and oxygen atoms in total. The second-order valence-corrected chi connectivity index (χ2v) is 9.28. The number of carbonyl (C=O) groups is 1. The van der Waals surface area contributed by atoms with Crippen LogP contribution in [0.3, 0.4) is 0 Å². The molecule has 0 bridgehead atoms. The minimum absolute atomic E-state index is 0.0258. The molecule has 1 saturated carbocycles. The highest BCUT2D eigenvalue weighted by atomic mass is 16.1. The summed E-state index contributed by atoms with van der Waals surface area (Å²) in [6, 6.07) is 14.9. The molecule has 1 amide bonds. The summed E-state index contributed by atoms with van der Waals surface area (Å²) < 4.78 is 0. The lowest BCUT2D eigenvalue weighted by Crippen LogP contribution is -2.44. The smallest absolute Gasteiger partial charge is 0.220 e. The molecule has 0 atom stereocenters. The lowest BCUT2D eigenvalue weighted by molar-refractivity contribution is -0.122. The molecule has 1 aromatic heterocycles. The molecule has 7 heteroatoms. The zero-order valence-electron chi connectivity index (χ0n) is 19.6. The topological polar surface area (TPSA) is 95.6 Å². The Morgan fingerprint density at radius 1 is 1.12 bits per heavy atom. The van der Waals surface area contributed by atoms with Gasteiger partial charge in [-0.15, -0.1) is 0 Å². The fourth-order valence-electron chi connectivity index (χ4n) is 5.29. The van der Waals surface area contributed by atoms with E-state index in [9.17, 15) is 4.79 Å². The van der Waals surface area contributed by atoms with E-state index in [2.05, 4.69) is 61.9 Å². The SMILES string of the molecule is CN=C(NCc1cccnc1N1CCC(C(N)=O)CC1)NCC1(c2ccccc2)CCCC1. The van der Waals surface area contributed by atoms with E-state index in [-0.39, 0.29) is 17.2 Å². The first-order chi connectivity index (χ1) is 16.1. The van der Waals surface area contributed by atoms with Gasteiger partial charge >= 0.3 is 0 Å². The Morgan fingerprint density at radius 3 is 2.52 bits per heavy atom. The number of anilines is 1. The number of primary amides is 1. The van der Waals surface area contributed by atoms with Crippen molar-refractivity contribution < 1.29 is 4.79 Å². The molecular weight excluding hydrogens is 412 g/mol. The summed E-state index contributed by atoms with van der Waals surface area (Å²) in [5.74, 6) is 1.56. The minimum atomic E-state index is -0.192. The van der Waals surface area contributed by atoms with Gasteiger partial charge in [-0.3, -0.25) is 9.79 Å². The second kappa shape index (κ2) is 10.7. The number of piperidine rings is 1. The number of nitrogens with zero attached hydrogens (tertiary/aromatic N) is 3. The summed E-state index contributed by atoms with van der Waals surface area (Å²) in [6.45, 7) is 3.10. The van der Waals surface area contributed by atoms with Gasteiger partial charge in [-0.2, -0.15) is 0 Å². The van der Waals surface area contributed by atoms with Crippen molar-refractivity contribution in [3.63, 3.8) is 0 Å². The number of hydrogen-bond donors (Lipinski definition) is 3. The average molecular weight is 449 g/mol. The highest BCUT2D eigenvalue weighted by Gasteiger charge is 2.35. The molecule has 2 aromatic rings. The van der Waals surface area contributed by atoms with Crippen molar-refractivity contribution in [3.05, 3.63) is 59.8 Å². The van der Waals surface area contributed by atoms with Gasteiger partial charge in [0.25, 0.3) is 0 Å². The molecule has 1 aliphatic heterocycles. The van der Waals surface area contributed by atoms with Crippen LogP contribution < -0.4 is 21.3 Å². The molecule has 33 heavy (non-hydrogen) atoms. The maximum absolute atomic E-state index is 11.5. The van der Waals surface area contributed by atoms with Gasteiger partial charge in [0.05, 0.1) is 0 Å². The quantitative estimate of drug-likeness (QED) is 0.447. The van der Waals surface area contributed by atoms with Crippen LogP contribution in [0.1, 0.15) is 49.7 Å². The molecule has 4 rings (SSSR count). The summed E-state index contributed by atoms with van der Waals surface area (Å²) in [4.78, 5) is 22.9. The summed E-state index contributed by atoms with van der Waals surface area (Å²) >= 11 is 0. The van der Waals surface area contributed by atoms with Crippen molar-refractivity contribution in [2.75, 3.05) is 31.6 Å². The van der Waals surface area contributed by atoms with E-state index in [0.29, 0.717) is 6.54 Å². The van der Waals surface area contributed by atoms with Crippen molar-refractivity contribution in [1.82, 2.24) is 15.6 Å². The fraction of sp³-hybridized carbons (Fsp3) is 0.500. The van der Waals surface area contributed by atoms with Gasteiger partial charge in [0.2, 0.25) is 5.91 Å². The first kappa shape index (κ1) is 23.1. The number of aliphatic imine (C=N–C) groups is 1. The Bertz CT molecular complexity index is 946. The van der Waals surface area contributed by atoms with Crippen LogP contribution in [0.4, 0.5) is 5.82 Å². The lowest BCUT2D eigenvalue weighted by atomic mass is 9.79. The highest BCUT2D eigenvalue weighted by Crippen LogP contribution is 2.40. The Labute approximate surface area is 196 Å². The lowest BCUT2D eigenvalue weighted by Gasteiger charge is -2.33. The molecule has 0 radical (unpaired) electrons. The Kier molecular flexibility index (Phi) is 7.47. The van der Waals surface area contributed by atoms with Gasteiger partial charge in [-0.05, 0) is 37.3 Å². The third-order valence-electron chi connectivity index (χ3n) is 7.28. The Morgan fingerprint density at radius 2 is 1.85 bits per heavy atom. The van der Waals surface area contributed by atoms with Crippen LogP contribution in [0.2, 0.25) is 0 Å². The van der Waals surface area contributed by atoms with Crippen LogP contribution in [-0.2, 0) is 16.8 Å². The van der Waals surface area contributed by atoms with Gasteiger partial charge < -0.3 is 21.3 Å².